The molecule has 0 amide bonds. The third kappa shape index (κ3) is 5.31. The van der Waals surface area contributed by atoms with Gasteiger partial charge in [0, 0.05) is 7.05 Å². The Morgan fingerprint density at radius 2 is 2.30 bits per heavy atom. The average Bonchev–Trinajstić information content (AvgIpc) is 1.87. The zero-order valence-corrected chi connectivity index (χ0v) is 6.81. The molecular weight excluding hydrogens is 150 g/mol. The minimum atomic E-state index is 0.452. The van der Waals surface area contributed by atoms with Gasteiger partial charge in [0.1, 0.15) is 17.3 Å². The number of nitrogens with zero attached hydrogens (tertiary/aromatic N) is 2. The van der Waals surface area contributed by atoms with E-state index in [-0.39, 0.29) is 0 Å². The van der Waals surface area contributed by atoms with Crippen molar-refractivity contribution in [3.63, 3.8) is 0 Å². The van der Waals surface area contributed by atoms with Crippen molar-refractivity contribution in [2.24, 2.45) is 9.98 Å². The fourth-order valence-corrected chi connectivity index (χ4v) is 0.286. The van der Waals surface area contributed by atoms with E-state index >= 15 is 0 Å². The Morgan fingerprint density at radius 1 is 1.70 bits per heavy atom. The lowest BCUT2D eigenvalue weighted by Gasteiger charge is -1.91. The predicted molar refractivity (Wildman–Crippen MR) is 45.7 cm³/mol. The first-order chi connectivity index (χ1) is 4.66. The molecular formula is C6H10ClN3. The molecule has 0 spiro atoms. The normalized spacial score (nSPS) is 12.1. The van der Waals surface area contributed by atoms with Gasteiger partial charge in [0.15, 0.2) is 0 Å². The van der Waals surface area contributed by atoms with Crippen LogP contribution in [0.1, 0.15) is 6.92 Å². The van der Waals surface area contributed by atoms with E-state index in [1.807, 2.05) is 0 Å². The summed E-state index contributed by atoms with van der Waals surface area (Å²) >= 11 is 5.41. The van der Waals surface area contributed by atoms with Gasteiger partial charge in [-0.05, 0) is 6.92 Å². The van der Waals surface area contributed by atoms with Gasteiger partial charge < -0.3 is 5.32 Å². The monoisotopic (exact) mass is 159 g/mol. The van der Waals surface area contributed by atoms with Crippen LogP contribution in [0.25, 0.3) is 0 Å². The Hall–Kier alpha value is -0.830. The second kappa shape index (κ2) is 4.99. The minimum Gasteiger partial charge on any atom is -0.374 e. The summed E-state index contributed by atoms with van der Waals surface area (Å²) in [5.74, 6) is 0.557. The van der Waals surface area contributed by atoms with Crippen LogP contribution in [0.4, 0.5) is 0 Å². The van der Waals surface area contributed by atoms with Crippen LogP contribution in [0, 0.1) is 0 Å². The second-order valence-electron chi connectivity index (χ2n) is 1.57. The van der Waals surface area contributed by atoms with Crippen LogP contribution in [0.5, 0.6) is 0 Å². The molecule has 0 aromatic carbocycles. The van der Waals surface area contributed by atoms with Crippen LogP contribution in [0.3, 0.4) is 0 Å². The molecule has 0 unspecified atom stereocenters. The van der Waals surface area contributed by atoms with Crippen molar-refractivity contribution in [3.05, 3.63) is 12.4 Å². The van der Waals surface area contributed by atoms with Gasteiger partial charge in [-0.15, -0.1) is 0 Å². The van der Waals surface area contributed by atoms with E-state index in [0.717, 1.165) is 0 Å². The molecule has 0 bridgehead atoms. The fourth-order valence-electron chi connectivity index (χ4n) is 0.243. The number of hydrogen-bond acceptors (Lipinski definition) is 2. The highest BCUT2D eigenvalue weighted by atomic mass is 35.5. The van der Waals surface area contributed by atoms with Gasteiger partial charge >= 0.3 is 0 Å². The molecule has 0 radical (unpaired) electrons. The Bertz CT molecular complexity index is 168. The summed E-state index contributed by atoms with van der Waals surface area (Å²) < 4.78 is 0. The smallest absolute Gasteiger partial charge is 0.120 e. The molecule has 0 aliphatic carbocycles. The quantitative estimate of drug-likeness (QED) is 0.490. The van der Waals surface area contributed by atoms with Crippen molar-refractivity contribution in [3.8, 4) is 0 Å². The summed E-state index contributed by atoms with van der Waals surface area (Å²) in [6.07, 6.45) is 1.35. The minimum absolute atomic E-state index is 0.452. The third-order valence-electron chi connectivity index (χ3n) is 0.738. The number of nitrogens with one attached hydrogen (secondary N) is 1. The molecule has 0 aromatic rings. The molecule has 0 fully saturated rings. The lowest BCUT2D eigenvalue weighted by Crippen LogP contribution is -2.00. The highest BCUT2D eigenvalue weighted by Gasteiger charge is 1.78. The van der Waals surface area contributed by atoms with Crippen LogP contribution in [-0.4, -0.2) is 18.6 Å². The van der Waals surface area contributed by atoms with Gasteiger partial charge in [-0.25, -0.2) is 9.98 Å². The highest BCUT2D eigenvalue weighted by molar-refractivity contribution is 6.65. The lowest BCUT2D eigenvalue weighted by atomic mass is 10.8. The molecule has 3 nitrogen and oxygen atoms in total. The second-order valence-corrected chi connectivity index (χ2v) is 2.11. The summed E-state index contributed by atoms with van der Waals surface area (Å²) in [5.41, 5.74) is 0. The summed E-state index contributed by atoms with van der Waals surface area (Å²) in [6.45, 7) is 5.22. The summed E-state index contributed by atoms with van der Waals surface area (Å²) in [4.78, 5) is 7.48. The Balaban J connectivity index is 3.77. The molecule has 56 valence electrons. The molecule has 10 heavy (non-hydrogen) atoms. The van der Waals surface area contributed by atoms with Gasteiger partial charge in [-0.3, -0.25) is 0 Å². The number of rotatable bonds is 3. The first kappa shape index (κ1) is 9.17. The van der Waals surface area contributed by atoms with E-state index in [4.69, 9.17) is 11.6 Å². The molecule has 0 rings (SSSR count). The Morgan fingerprint density at radius 3 is 2.70 bits per heavy atom. The van der Waals surface area contributed by atoms with Gasteiger partial charge in [0.25, 0.3) is 0 Å². The van der Waals surface area contributed by atoms with Crippen molar-refractivity contribution in [1.29, 1.82) is 0 Å². The molecule has 0 atom stereocenters. The van der Waals surface area contributed by atoms with Crippen LogP contribution >= 0.6 is 11.6 Å². The molecule has 0 aliphatic rings. The fraction of sp³-hybridized carbons (Fsp3) is 0.333. The van der Waals surface area contributed by atoms with Gasteiger partial charge in [-0.1, -0.05) is 18.2 Å². The van der Waals surface area contributed by atoms with Crippen molar-refractivity contribution in [2.75, 3.05) is 7.05 Å². The van der Waals surface area contributed by atoms with Gasteiger partial charge in [-0.2, -0.15) is 0 Å². The molecule has 0 heterocycles. The van der Waals surface area contributed by atoms with Crippen molar-refractivity contribution in [2.45, 2.75) is 6.92 Å². The summed E-state index contributed by atoms with van der Waals surface area (Å²) in [5, 5.41) is 3.19. The number of halogens is 1. The molecule has 0 saturated heterocycles. The Labute approximate surface area is 65.5 Å². The summed E-state index contributed by atoms with van der Waals surface area (Å²) in [7, 11) is 1.73. The first-order valence-corrected chi connectivity index (χ1v) is 3.13. The maximum atomic E-state index is 5.41. The maximum Gasteiger partial charge on any atom is 0.120 e. The molecule has 0 aliphatic heterocycles. The highest BCUT2D eigenvalue weighted by Crippen LogP contribution is 1.84. The lowest BCUT2D eigenvalue weighted by molar-refractivity contribution is 0.975. The summed E-state index contributed by atoms with van der Waals surface area (Å²) in [6, 6.07) is 0. The largest absolute Gasteiger partial charge is 0.374 e. The topological polar surface area (TPSA) is 36.8 Å². The SMILES string of the molecule is C=C(/N=C\N=C(C)Cl)NC. The van der Waals surface area contributed by atoms with E-state index in [1.54, 1.807) is 14.0 Å². The van der Waals surface area contributed by atoms with Crippen LogP contribution in [0.2, 0.25) is 0 Å². The Kier molecular flexibility index (Phi) is 4.58. The van der Waals surface area contributed by atoms with E-state index in [2.05, 4.69) is 21.9 Å². The molecule has 1 N–H and O–H groups in total. The first-order valence-electron chi connectivity index (χ1n) is 2.76. The van der Waals surface area contributed by atoms with Crippen LogP contribution in [0.15, 0.2) is 22.4 Å². The van der Waals surface area contributed by atoms with E-state index < -0.39 is 0 Å². The maximum absolute atomic E-state index is 5.41. The third-order valence-corrected chi connectivity index (χ3v) is 0.835. The zero-order valence-electron chi connectivity index (χ0n) is 6.06. The number of hydrogen-bond donors (Lipinski definition) is 1. The average molecular weight is 160 g/mol. The van der Waals surface area contributed by atoms with Crippen LogP contribution in [-0.2, 0) is 0 Å². The van der Waals surface area contributed by atoms with E-state index in [1.165, 1.54) is 6.34 Å². The number of aliphatic imine (C=N–C) groups is 2. The molecule has 0 saturated carbocycles. The predicted octanol–water partition coefficient (Wildman–Crippen LogP) is 1.36. The molecule has 0 aromatic heterocycles. The van der Waals surface area contributed by atoms with Crippen molar-refractivity contribution >= 4 is 23.1 Å². The molecule has 4 heteroatoms. The van der Waals surface area contributed by atoms with Crippen LogP contribution < -0.4 is 5.32 Å². The zero-order chi connectivity index (χ0) is 7.98. The van der Waals surface area contributed by atoms with Crippen molar-refractivity contribution < 1.29 is 0 Å². The van der Waals surface area contributed by atoms with Gasteiger partial charge in [0.05, 0.1) is 0 Å². The van der Waals surface area contributed by atoms with E-state index in [9.17, 15) is 0 Å². The van der Waals surface area contributed by atoms with Crippen molar-refractivity contribution in [1.82, 2.24) is 5.32 Å². The van der Waals surface area contributed by atoms with Gasteiger partial charge in [0.2, 0.25) is 0 Å². The standard InChI is InChI=1S/C6H10ClN3/c1-5(7)9-4-10-6(2)8-3/h4,8H,2H2,1,3H3/b9-5?,10-4-. The van der Waals surface area contributed by atoms with E-state index in [0.29, 0.717) is 11.0 Å².